The normalized spacial score (nSPS) is 11.4. The molecule has 0 saturated carbocycles. The Labute approximate surface area is 120 Å². The van der Waals surface area contributed by atoms with E-state index in [1.165, 1.54) is 18.2 Å². The van der Waals surface area contributed by atoms with Gasteiger partial charge < -0.3 is 15.8 Å². The van der Waals surface area contributed by atoms with E-state index in [0.29, 0.717) is 24.3 Å². The molecule has 0 unspecified atom stereocenters. The maximum Gasteiger partial charge on any atom is 0.573 e. The first-order valence-corrected chi connectivity index (χ1v) is 6.33. The fourth-order valence-corrected chi connectivity index (χ4v) is 1.87. The van der Waals surface area contributed by atoms with E-state index in [1.807, 2.05) is 30.3 Å². The highest BCUT2D eigenvalue weighted by Crippen LogP contribution is 2.26. The Bertz CT molecular complexity index is 585. The first-order valence-electron chi connectivity index (χ1n) is 6.33. The molecule has 0 aromatic heterocycles. The minimum Gasteiger partial charge on any atom is -0.406 e. The third kappa shape index (κ3) is 5.00. The van der Waals surface area contributed by atoms with Crippen molar-refractivity contribution in [2.75, 3.05) is 5.73 Å². The zero-order valence-corrected chi connectivity index (χ0v) is 11.2. The van der Waals surface area contributed by atoms with Gasteiger partial charge in [-0.05, 0) is 29.3 Å². The molecule has 2 rings (SSSR count). The average molecular weight is 296 g/mol. The van der Waals surface area contributed by atoms with Gasteiger partial charge in [-0.25, -0.2) is 0 Å². The fourth-order valence-electron chi connectivity index (χ4n) is 1.87. The molecular formula is C15H15F3N2O. The molecular weight excluding hydrogens is 281 g/mol. The number of halogens is 3. The van der Waals surface area contributed by atoms with Gasteiger partial charge >= 0.3 is 6.36 Å². The van der Waals surface area contributed by atoms with Gasteiger partial charge in [0.1, 0.15) is 5.75 Å². The maximum absolute atomic E-state index is 12.2. The summed E-state index contributed by atoms with van der Waals surface area (Å²) in [6.45, 7) is 0.959. The summed E-state index contributed by atoms with van der Waals surface area (Å²) in [6, 6.07) is 13.6. The van der Waals surface area contributed by atoms with Crippen LogP contribution in [0.25, 0.3) is 0 Å². The molecule has 112 valence electrons. The lowest BCUT2D eigenvalue weighted by Crippen LogP contribution is -2.18. The zero-order chi connectivity index (χ0) is 15.3. The monoisotopic (exact) mass is 296 g/mol. The molecule has 6 heteroatoms. The summed E-state index contributed by atoms with van der Waals surface area (Å²) >= 11 is 0. The molecule has 21 heavy (non-hydrogen) atoms. The van der Waals surface area contributed by atoms with Crippen LogP contribution in [0.4, 0.5) is 18.9 Å². The van der Waals surface area contributed by atoms with Gasteiger partial charge in [-0.1, -0.05) is 30.3 Å². The Balaban J connectivity index is 1.97. The number of ether oxygens (including phenoxy) is 1. The number of hydrogen-bond acceptors (Lipinski definition) is 3. The van der Waals surface area contributed by atoms with Crippen LogP contribution in [0.5, 0.6) is 5.75 Å². The Kier molecular flexibility index (Phi) is 4.70. The molecule has 0 bridgehead atoms. The standard InChI is InChI=1S/C15H15F3N2O/c16-15(17,18)21-13-6-7-14(19)12(8-13)10-20-9-11-4-2-1-3-5-11/h1-8,20H,9-10,19H2. The molecule has 3 nitrogen and oxygen atoms in total. The molecule has 0 amide bonds. The van der Waals surface area contributed by atoms with Crippen molar-refractivity contribution in [1.82, 2.24) is 5.32 Å². The summed E-state index contributed by atoms with van der Waals surface area (Å²) in [5.41, 5.74) is 7.82. The second kappa shape index (κ2) is 6.49. The van der Waals surface area contributed by atoms with Gasteiger partial charge in [0.15, 0.2) is 0 Å². The molecule has 3 N–H and O–H groups in total. The van der Waals surface area contributed by atoms with Crippen LogP contribution in [0.1, 0.15) is 11.1 Å². The minimum absolute atomic E-state index is 0.270. The molecule has 0 spiro atoms. The van der Waals surface area contributed by atoms with E-state index in [4.69, 9.17) is 5.73 Å². The van der Waals surface area contributed by atoms with Crippen molar-refractivity contribution >= 4 is 5.69 Å². The summed E-state index contributed by atoms with van der Waals surface area (Å²) < 4.78 is 40.4. The van der Waals surface area contributed by atoms with Crippen LogP contribution in [-0.2, 0) is 13.1 Å². The van der Waals surface area contributed by atoms with Crippen LogP contribution in [-0.4, -0.2) is 6.36 Å². The maximum atomic E-state index is 12.2. The van der Waals surface area contributed by atoms with E-state index in [0.717, 1.165) is 5.56 Å². The fraction of sp³-hybridized carbons (Fsp3) is 0.200. The van der Waals surface area contributed by atoms with E-state index in [2.05, 4.69) is 10.1 Å². The molecule has 0 fully saturated rings. The highest BCUT2D eigenvalue weighted by atomic mass is 19.4. The van der Waals surface area contributed by atoms with Gasteiger partial charge in [0.2, 0.25) is 0 Å². The topological polar surface area (TPSA) is 47.3 Å². The summed E-state index contributed by atoms with van der Waals surface area (Å²) in [7, 11) is 0. The predicted molar refractivity (Wildman–Crippen MR) is 74.5 cm³/mol. The number of anilines is 1. The van der Waals surface area contributed by atoms with Gasteiger partial charge in [0.05, 0.1) is 0 Å². The van der Waals surface area contributed by atoms with Gasteiger partial charge in [0, 0.05) is 18.8 Å². The molecule has 0 heterocycles. The first kappa shape index (κ1) is 15.2. The van der Waals surface area contributed by atoms with Crippen molar-refractivity contribution in [3.63, 3.8) is 0 Å². The van der Waals surface area contributed by atoms with Crippen LogP contribution in [0.2, 0.25) is 0 Å². The number of nitrogen functional groups attached to an aromatic ring is 1. The van der Waals surface area contributed by atoms with Gasteiger partial charge in [-0.15, -0.1) is 13.2 Å². The van der Waals surface area contributed by atoms with Crippen LogP contribution in [0, 0.1) is 0 Å². The van der Waals surface area contributed by atoms with Crippen molar-refractivity contribution in [3.8, 4) is 5.75 Å². The van der Waals surface area contributed by atoms with Gasteiger partial charge in [-0.3, -0.25) is 0 Å². The molecule has 0 aliphatic carbocycles. The van der Waals surface area contributed by atoms with E-state index < -0.39 is 6.36 Å². The van der Waals surface area contributed by atoms with Crippen molar-refractivity contribution in [2.24, 2.45) is 0 Å². The van der Waals surface area contributed by atoms with Crippen molar-refractivity contribution in [3.05, 3.63) is 59.7 Å². The highest BCUT2D eigenvalue weighted by Gasteiger charge is 2.31. The van der Waals surface area contributed by atoms with Crippen molar-refractivity contribution in [1.29, 1.82) is 0 Å². The first-order chi connectivity index (χ1) is 9.94. The third-order valence-electron chi connectivity index (χ3n) is 2.84. The van der Waals surface area contributed by atoms with Gasteiger partial charge in [0.25, 0.3) is 0 Å². The zero-order valence-electron chi connectivity index (χ0n) is 11.2. The smallest absolute Gasteiger partial charge is 0.406 e. The molecule has 0 radical (unpaired) electrons. The number of nitrogens with two attached hydrogens (primary N) is 1. The Hall–Kier alpha value is -2.21. The second-order valence-electron chi connectivity index (χ2n) is 4.50. The van der Waals surface area contributed by atoms with Crippen LogP contribution in [0.3, 0.4) is 0 Å². The SMILES string of the molecule is Nc1ccc(OC(F)(F)F)cc1CNCc1ccccc1. The summed E-state index contributed by atoms with van der Waals surface area (Å²) in [6.07, 6.45) is -4.70. The minimum atomic E-state index is -4.70. The Morgan fingerprint density at radius 3 is 2.38 bits per heavy atom. The molecule has 0 aliphatic rings. The van der Waals surface area contributed by atoms with Crippen molar-refractivity contribution in [2.45, 2.75) is 19.5 Å². The number of nitrogens with one attached hydrogen (secondary N) is 1. The van der Waals surface area contributed by atoms with Crippen LogP contribution in [0.15, 0.2) is 48.5 Å². The second-order valence-corrected chi connectivity index (χ2v) is 4.50. The van der Waals surface area contributed by atoms with Gasteiger partial charge in [-0.2, -0.15) is 0 Å². The van der Waals surface area contributed by atoms with E-state index in [9.17, 15) is 13.2 Å². The highest BCUT2D eigenvalue weighted by molar-refractivity contribution is 5.50. The van der Waals surface area contributed by atoms with E-state index >= 15 is 0 Å². The molecule has 2 aromatic carbocycles. The molecule has 0 atom stereocenters. The number of rotatable bonds is 5. The van der Waals surface area contributed by atoms with E-state index in [1.54, 1.807) is 0 Å². The van der Waals surface area contributed by atoms with Crippen LogP contribution >= 0.6 is 0 Å². The lowest BCUT2D eigenvalue weighted by Gasteiger charge is -2.12. The largest absolute Gasteiger partial charge is 0.573 e. The summed E-state index contributed by atoms with van der Waals surface area (Å²) in [5.74, 6) is -0.270. The summed E-state index contributed by atoms with van der Waals surface area (Å²) in [4.78, 5) is 0. The summed E-state index contributed by atoms with van der Waals surface area (Å²) in [5, 5.41) is 3.13. The number of benzene rings is 2. The van der Waals surface area contributed by atoms with Crippen LogP contribution < -0.4 is 15.8 Å². The Morgan fingerprint density at radius 2 is 1.71 bits per heavy atom. The van der Waals surface area contributed by atoms with E-state index in [-0.39, 0.29) is 5.75 Å². The number of hydrogen-bond donors (Lipinski definition) is 2. The van der Waals surface area contributed by atoms with Crippen molar-refractivity contribution < 1.29 is 17.9 Å². The lowest BCUT2D eigenvalue weighted by molar-refractivity contribution is -0.274. The third-order valence-corrected chi connectivity index (χ3v) is 2.84. The average Bonchev–Trinajstić information content (AvgIpc) is 2.42. The predicted octanol–water partition coefficient (Wildman–Crippen LogP) is 3.46. The Morgan fingerprint density at radius 1 is 1.00 bits per heavy atom. The molecule has 0 aliphatic heterocycles. The number of alkyl halides is 3. The molecule has 2 aromatic rings. The lowest BCUT2D eigenvalue weighted by atomic mass is 10.1. The quantitative estimate of drug-likeness (QED) is 0.831. The molecule has 0 saturated heterocycles.